The number of benzene rings is 4. The highest BCUT2D eigenvalue weighted by molar-refractivity contribution is 6.10. The molecule has 4 aromatic rings. The van der Waals surface area contributed by atoms with Crippen LogP contribution in [-0.2, 0) is 4.79 Å². The molecule has 0 fully saturated rings. The van der Waals surface area contributed by atoms with Crippen molar-refractivity contribution in [2.75, 3.05) is 10.6 Å². The first-order valence-corrected chi connectivity index (χ1v) is 12.4. The second kappa shape index (κ2) is 9.51. The molecule has 0 radical (unpaired) electrons. The summed E-state index contributed by atoms with van der Waals surface area (Å²) in [6, 6.07) is 30.6. The second-order valence-corrected chi connectivity index (χ2v) is 9.54. The smallest absolute Gasteiger partial charge is 0.193 e. The molecule has 5 heteroatoms. The van der Waals surface area contributed by atoms with Crippen LogP contribution in [0.5, 0.6) is 0 Å². The molecule has 0 amide bonds. The van der Waals surface area contributed by atoms with Gasteiger partial charge in [0.25, 0.3) is 0 Å². The quantitative estimate of drug-likeness (QED) is 0.303. The Kier molecular flexibility index (Phi) is 5.89. The minimum atomic E-state index is -0.441. The molecule has 37 heavy (non-hydrogen) atoms. The van der Waals surface area contributed by atoms with Crippen molar-refractivity contribution in [1.82, 2.24) is 0 Å². The summed E-state index contributed by atoms with van der Waals surface area (Å²) in [5.41, 5.74) is 6.10. The van der Waals surface area contributed by atoms with Gasteiger partial charge in [0.1, 0.15) is 5.82 Å². The molecule has 6 rings (SSSR count). The van der Waals surface area contributed by atoms with Gasteiger partial charge >= 0.3 is 0 Å². The summed E-state index contributed by atoms with van der Waals surface area (Å²) in [6.07, 6.45) is 1.05. The molecular formula is C32H25FN2O2. The Labute approximate surface area is 214 Å². The van der Waals surface area contributed by atoms with E-state index in [9.17, 15) is 14.0 Å². The zero-order chi connectivity index (χ0) is 25.4. The Balaban J connectivity index is 1.44. The van der Waals surface area contributed by atoms with Crippen molar-refractivity contribution in [3.8, 4) is 0 Å². The maximum Gasteiger partial charge on any atom is 0.193 e. The molecule has 1 aliphatic heterocycles. The van der Waals surface area contributed by atoms with Crippen molar-refractivity contribution < 1.29 is 14.0 Å². The Morgan fingerprint density at radius 2 is 1.43 bits per heavy atom. The Bertz CT molecular complexity index is 1510. The number of rotatable bonds is 4. The van der Waals surface area contributed by atoms with E-state index in [2.05, 4.69) is 22.8 Å². The molecule has 0 aromatic heterocycles. The van der Waals surface area contributed by atoms with Crippen LogP contribution in [0.2, 0.25) is 0 Å². The Hall–Kier alpha value is -4.51. The highest BCUT2D eigenvalue weighted by Crippen LogP contribution is 2.44. The molecule has 0 bridgehead atoms. The largest absolute Gasteiger partial charge is 0.372 e. The van der Waals surface area contributed by atoms with Crippen LogP contribution < -0.4 is 10.6 Å². The summed E-state index contributed by atoms with van der Waals surface area (Å²) in [5, 5.41) is 7.03. The molecule has 0 saturated heterocycles. The number of fused-ring (bicyclic) bond motifs is 1. The van der Waals surface area contributed by atoms with Gasteiger partial charge < -0.3 is 10.6 Å². The predicted molar refractivity (Wildman–Crippen MR) is 143 cm³/mol. The number of anilines is 2. The molecule has 2 N–H and O–H groups in total. The minimum Gasteiger partial charge on any atom is -0.372 e. The Morgan fingerprint density at radius 3 is 2.16 bits per heavy atom. The molecule has 0 spiro atoms. The lowest BCUT2D eigenvalue weighted by Crippen LogP contribution is -2.26. The first-order valence-electron chi connectivity index (χ1n) is 12.4. The van der Waals surface area contributed by atoms with Crippen molar-refractivity contribution in [3.63, 3.8) is 0 Å². The van der Waals surface area contributed by atoms with Crippen molar-refractivity contribution in [3.05, 3.63) is 142 Å². The summed E-state index contributed by atoms with van der Waals surface area (Å²) in [6.45, 7) is 0. The number of carbonyl (C=O) groups excluding carboxylic acids is 2. The van der Waals surface area contributed by atoms with Crippen molar-refractivity contribution >= 4 is 22.9 Å². The van der Waals surface area contributed by atoms with Crippen LogP contribution in [0, 0.1) is 5.82 Å². The zero-order valence-corrected chi connectivity index (χ0v) is 20.1. The van der Waals surface area contributed by atoms with Gasteiger partial charge in [-0.2, -0.15) is 0 Å². The third kappa shape index (κ3) is 4.45. The molecule has 4 nitrogen and oxygen atoms in total. The molecule has 4 aromatic carbocycles. The standard InChI is InChI=1S/C32H25FN2O2/c33-25-14-11-21(12-15-25)31-30-28(18-24(19-29(30)36)20-7-3-1-4-8-20)34-27-17-23(13-16-26(27)35-31)32(37)22-9-5-2-6-10-22/h1-17,24,31,34-35H,18-19H2/t24-,31+/m1/s1. The van der Waals surface area contributed by atoms with Gasteiger partial charge in [-0.3, -0.25) is 9.59 Å². The predicted octanol–water partition coefficient (Wildman–Crippen LogP) is 7.04. The Morgan fingerprint density at radius 1 is 0.730 bits per heavy atom. The van der Waals surface area contributed by atoms with Crippen molar-refractivity contribution in [1.29, 1.82) is 0 Å². The summed E-state index contributed by atoms with van der Waals surface area (Å²) < 4.78 is 13.7. The van der Waals surface area contributed by atoms with E-state index >= 15 is 0 Å². The van der Waals surface area contributed by atoms with Crippen LogP contribution in [0.15, 0.2) is 114 Å². The highest BCUT2D eigenvalue weighted by atomic mass is 19.1. The fourth-order valence-corrected chi connectivity index (χ4v) is 5.31. The highest BCUT2D eigenvalue weighted by Gasteiger charge is 2.36. The van der Waals surface area contributed by atoms with Crippen LogP contribution in [-0.4, -0.2) is 11.6 Å². The number of allylic oxidation sites excluding steroid dienone is 1. The number of halogens is 1. The van der Waals surface area contributed by atoms with Crippen molar-refractivity contribution in [2.24, 2.45) is 0 Å². The third-order valence-corrected chi connectivity index (χ3v) is 7.17. The van der Waals surface area contributed by atoms with Gasteiger partial charge in [0.15, 0.2) is 11.6 Å². The number of hydrogen-bond acceptors (Lipinski definition) is 4. The van der Waals surface area contributed by atoms with Crippen LogP contribution >= 0.6 is 0 Å². The van der Waals surface area contributed by atoms with E-state index in [0.717, 1.165) is 28.2 Å². The first kappa shape index (κ1) is 22.9. The number of Topliss-reactive ketones (excluding diaryl/α,β-unsaturated/α-hetero) is 1. The van der Waals surface area contributed by atoms with Gasteiger partial charge in [-0.1, -0.05) is 72.8 Å². The van der Waals surface area contributed by atoms with Crippen molar-refractivity contribution in [2.45, 2.75) is 24.8 Å². The van der Waals surface area contributed by atoms with E-state index in [1.807, 2.05) is 48.5 Å². The zero-order valence-electron chi connectivity index (χ0n) is 20.1. The summed E-state index contributed by atoms with van der Waals surface area (Å²) in [7, 11) is 0. The minimum absolute atomic E-state index is 0.0458. The molecule has 1 aliphatic carbocycles. The lowest BCUT2D eigenvalue weighted by molar-refractivity contribution is -0.116. The van der Waals surface area contributed by atoms with Crippen LogP contribution in [0.4, 0.5) is 15.8 Å². The van der Waals surface area contributed by atoms with E-state index in [4.69, 9.17) is 0 Å². The number of ketones is 2. The van der Waals surface area contributed by atoms with E-state index < -0.39 is 6.04 Å². The summed E-state index contributed by atoms with van der Waals surface area (Å²) >= 11 is 0. The maximum absolute atomic E-state index is 13.7. The van der Waals surface area contributed by atoms with Crippen LogP contribution in [0.1, 0.15) is 51.8 Å². The molecule has 2 aliphatic rings. The molecule has 0 saturated carbocycles. The van der Waals surface area contributed by atoms with Gasteiger partial charge in [-0.05, 0) is 53.8 Å². The topological polar surface area (TPSA) is 58.2 Å². The lowest BCUT2D eigenvalue weighted by atomic mass is 9.78. The molecule has 1 heterocycles. The molecule has 182 valence electrons. The van der Waals surface area contributed by atoms with E-state index in [0.29, 0.717) is 29.5 Å². The van der Waals surface area contributed by atoms with E-state index in [1.165, 1.54) is 12.1 Å². The number of nitrogens with one attached hydrogen (secondary N) is 2. The van der Waals surface area contributed by atoms with E-state index in [1.54, 1.807) is 30.3 Å². The summed E-state index contributed by atoms with van der Waals surface area (Å²) in [4.78, 5) is 26.8. The van der Waals surface area contributed by atoms with Crippen LogP contribution in [0.3, 0.4) is 0 Å². The molecule has 0 unspecified atom stereocenters. The second-order valence-electron chi connectivity index (χ2n) is 9.54. The average molecular weight is 489 g/mol. The SMILES string of the molecule is O=C1C[C@H](c2ccccc2)CC2=C1[C@H](c1ccc(F)cc1)Nc1ccc(C(=O)c3ccccc3)cc1N2. The third-order valence-electron chi connectivity index (χ3n) is 7.17. The van der Waals surface area contributed by atoms with E-state index in [-0.39, 0.29) is 23.3 Å². The van der Waals surface area contributed by atoms with Gasteiger partial charge in [0.05, 0.1) is 17.4 Å². The first-order chi connectivity index (χ1) is 18.1. The molecular weight excluding hydrogens is 463 g/mol. The summed E-state index contributed by atoms with van der Waals surface area (Å²) in [5.74, 6) is -0.295. The molecule has 2 atom stereocenters. The normalized spacial score (nSPS) is 18.7. The maximum atomic E-state index is 13.7. The van der Waals surface area contributed by atoms with Gasteiger partial charge in [-0.25, -0.2) is 4.39 Å². The average Bonchev–Trinajstić information content (AvgIpc) is 3.10. The fourth-order valence-electron chi connectivity index (χ4n) is 5.31. The number of carbonyl (C=O) groups is 2. The fraction of sp³-hybridized carbons (Fsp3) is 0.125. The monoisotopic (exact) mass is 488 g/mol. The van der Waals surface area contributed by atoms with Gasteiger partial charge in [0.2, 0.25) is 0 Å². The number of hydrogen-bond donors (Lipinski definition) is 2. The van der Waals surface area contributed by atoms with Gasteiger partial charge in [-0.15, -0.1) is 0 Å². The van der Waals surface area contributed by atoms with Gasteiger partial charge in [0, 0.05) is 28.8 Å². The lowest BCUT2D eigenvalue weighted by Gasteiger charge is -2.30. The van der Waals surface area contributed by atoms with Crippen LogP contribution in [0.25, 0.3) is 0 Å².